The maximum atomic E-state index is 3.55. The van der Waals surface area contributed by atoms with Crippen LogP contribution in [0.3, 0.4) is 0 Å². The van der Waals surface area contributed by atoms with E-state index in [4.69, 9.17) is 0 Å². The minimum atomic E-state index is 0.383. The third kappa shape index (κ3) is 5.79. The Morgan fingerprint density at radius 2 is 1.93 bits per heavy atom. The molecule has 0 aromatic heterocycles. The Morgan fingerprint density at radius 3 is 2.53 bits per heavy atom. The lowest BCUT2D eigenvalue weighted by Crippen LogP contribution is -2.33. The molecule has 0 aromatic carbocycles. The SMILES string of the molecule is CSC(C)(C)CNCCCN1CCCC1. The van der Waals surface area contributed by atoms with Crippen molar-refractivity contribution < 1.29 is 0 Å². The van der Waals surface area contributed by atoms with Gasteiger partial charge in [-0.25, -0.2) is 0 Å². The molecule has 0 aliphatic carbocycles. The maximum absolute atomic E-state index is 3.55. The summed E-state index contributed by atoms with van der Waals surface area (Å²) in [5.41, 5.74) is 0. The van der Waals surface area contributed by atoms with Gasteiger partial charge in [0.25, 0.3) is 0 Å². The van der Waals surface area contributed by atoms with Crippen LogP contribution < -0.4 is 5.32 Å². The fraction of sp³-hybridized carbons (Fsp3) is 1.00. The number of nitrogens with one attached hydrogen (secondary N) is 1. The van der Waals surface area contributed by atoms with Crippen molar-refractivity contribution in [3.63, 3.8) is 0 Å². The lowest BCUT2D eigenvalue weighted by molar-refractivity contribution is 0.330. The average Bonchev–Trinajstić information content (AvgIpc) is 2.70. The molecule has 0 spiro atoms. The van der Waals surface area contributed by atoms with Gasteiger partial charge in [-0.15, -0.1) is 0 Å². The van der Waals surface area contributed by atoms with Gasteiger partial charge in [0.2, 0.25) is 0 Å². The zero-order valence-electron chi connectivity index (χ0n) is 10.5. The quantitative estimate of drug-likeness (QED) is 0.675. The van der Waals surface area contributed by atoms with Crippen molar-refractivity contribution in [2.45, 2.75) is 37.9 Å². The topological polar surface area (TPSA) is 15.3 Å². The Balaban J connectivity index is 1.92. The lowest BCUT2D eigenvalue weighted by atomic mass is 10.2. The second-order valence-electron chi connectivity index (χ2n) is 5.04. The van der Waals surface area contributed by atoms with Crippen molar-refractivity contribution in [1.82, 2.24) is 10.2 Å². The van der Waals surface area contributed by atoms with E-state index in [1.54, 1.807) is 0 Å². The summed E-state index contributed by atoms with van der Waals surface area (Å²) >= 11 is 1.94. The number of rotatable bonds is 7. The number of nitrogens with zero attached hydrogens (tertiary/aromatic N) is 1. The summed E-state index contributed by atoms with van der Waals surface area (Å²) in [6.45, 7) is 10.8. The van der Waals surface area contributed by atoms with Crippen molar-refractivity contribution >= 4 is 11.8 Å². The fourth-order valence-corrected chi connectivity index (χ4v) is 2.14. The van der Waals surface area contributed by atoms with E-state index < -0.39 is 0 Å². The van der Waals surface area contributed by atoms with Gasteiger partial charge in [0.05, 0.1) is 0 Å². The molecule has 1 fully saturated rings. The minimum Gasteiger partial charge on any atom is -0.315 e. The van der Waals surface area contributed by atoms with Crippen molar-refractivity contribution in [2.75, 3.05) is 39.0 Å². The second-order valence-corrected chi connectivity index (χ2v) is 6.56. The van der Waals surface area contributed by atoms with Crippen LogP contribution >= 0.6 is 11.8 Å². The molecule has 1 aliphatic heterocycles. The van der Waals surface area contributed by atoms with Crippen LogP contribution in [0, 0.1) is 0 Å². The second kappa shape index (κ2) is 6.77. The molecule has 1 aliphatic rings. The summed E-state index contributed by atoms with van der Waals surface area (Å²) in [5.74, 6) is 0. The molecule has 0 radical (unpaired) electrons. The number of hydrogen-bond donors (Lipinski definition) is 1. The summed E-state index contributed by atoms with van der Waals surface area (Å²) in [4.78, 5) is 2.58. The smallest absolute Gasteiger partial charge is 0.0225 e. The van der Waals surface area contributed by atoms with Crippen molar-refractivity contribution in [1.29, 1.82) is 0 Å². The van der Waals surface area contributed by atoms with Crippen LogP contribution in [0.2, 0.25) is 0 Å². The highest BCUT2D eigenvalue weighted by atomic mass is 32.2. The molecule has 0 bridgehead atoms. The normalized spacial score (nSPS) is 18.6. The van der Waals surface area contributed by atoms with E-state index in [9.17, 15) is 0 Å². The highest BCUT2D eigenvalue weighted by molar-refractivity contribution is 7.99. The molecule has 1 heterocycles. The van der Waals surface area contributed by atoms with Gasteiger partial charge in [-0.3, -0.25) is 0 Å². The zero-order valence-corrected chi connectivity index (χ0v) is 11.3. The summed E-state index contributed by atoms with van der Waals surface area (Å²) < 4.78 is 0.383. The highest BCUT2D eigenvalue weighted by Crippen LogP contribution is 2.19. The zero-order chi connectivity index (χ0) is 11.1. The Hall–Kier alpha value is 0.270. The molecule has 0 aromatic rings. The maximum Gasteiger partial charge on any atom is 0.0225 e. The minimum absolute atomic E-state index is 0.383. The van der Waals surface area contributed by atoms with Gasteiger partial charge in [-0.1, -0.05) is 0 Å². The Bertz CT molecular complexity index is 165. The van der Waals surface area contributed by atoms with Crippen LogP contribution in [0.5, 0.6) is 0 Å². The molecule has 1 N–H and O–H groups in total. The predicted octanol–water partition coefficient (Wildman–Crippen LogP) is 2.20. The van der Waals surface area contributed by atoms with Crippen LogP contribution in [-0.2, 0) is 0 Å². The fourth-order valence-electron chi connectivity index (χ4n) is 1.90. The van der Waals surface area contributed by atoms with E-state index in [2.05, 4.69) is 30.3 Å². The van der Waals surface area contributed by atoms with E-state index in [0.717, 1.165) is 6.54 Å². The summed E-state index contributed by atoms with van der Waals surface area (Å²) in [7, 11) is 0. The van der Waals surface area contributed by atoms with Gasteiger partial charge in [0, 0.05) is 11.3 Å². The van der Waals surface area contributed by atoms with Gasteiger partial charge >= 0.3 is 0 Å². The van der Waals surface area contributed by atoms with Crippen LogP contribution in [0.1, 0.15) is 33.1 Å². The van der Waals surface area contributed by atoms with E-state index in [-0.39, 0.29) is 0 Å². The molecular weight excluding hydrogens is 204 g/mol. The first-order valence-corrected chi connectivity index (χ1v) is 7.35. The third-order valence-electron chi connectivity index (χ3n) is 3.13. The summed E-state index contributed by atoms with van der Waals surface area (Å²) in [5, 5.41) is 3.55. The van der Waals surface area contributed by atoms with Crippen molar-refractivity contribution in [3.8, 4) is 0 Å². The van der Waals surface area contributed by atoms with Gasteiger partial charge in [0.1, 0.15) is 0 Å². The van der Waals surface area contributed by atoms with Crippen molar-refractivity contribution in [3.05, 3.63) is 0 Å². The molecule has 0 amide bonds. The number of likely N-dealkylation sites (tertiary alicyclic amines) is 1. The van der Waals surface area contributed by atoms with Crippen LogP contribution in [-0.4, -0.2) is 48.6 Å². The van der Waals surface area contributed by atoms with E-state index in [0.29, 0.717) is 4.75 Å². The van der Waals surface area contributed by atoms with Crippen LogP contribution in [0.15, 0.2) is 0 Å². The van der Waals surface area contributed by atoms with E-state index >= 15 is 0 Å². The summed E-state index contributed by atoms with van der Waals surface area (Å²) in [6.07, 6.45) is 6.30. The highest BCUT2D eigenvalue weighted by Gasteiger charge is 2.15. The number of thioether (sulfide) groups is 1. The van der Waals surface area contributed by atoms with Crippen molar-refractivity contribution in [2.24, 2.45) is 0 Å². The molecule has 15 heavy (non-hydrogen) atoms. The molecule has 0 unspecified atom stereocenters. The first-order chi connectivity index (χ1) is 7.14. The Labute approximate surface area is 99.2 Å². The molecule has 2 nitrogen and oxygen atoms in total. The van der Waals surface area contributed by atoms with E-state index in [1.807, 2.05) is 11.8 Å². The molecule has 1 saturated heterocycles. The predicted molar refractivity (Wildman–Crippen MR) is 70.8 cm³/mol. The van der Waals surface area contributed by atoms with Gasteiger partial charge in [0.15, 0.2) is 0 Å². The molecule has 3 heteroatoms. The molecule has 0 atom stereocenters. The Morgan fingerprint density at radius 1 is 1.27 bits per heavy atom. The first kappa shape index (κ1) is 13.3. The standard InChI is InChI=1S/C12H26N2S/c1-12(2,15-3)11-13-7-6-10-14-8-4-5-9-14/h13H,4-11H2,1-3H3. The average molecular weight is 230 g/mol. The Kier molecular flexibility index (Phi) is 6.02. The monoisotopic (exact) mass is 230 g/mol. The van der Waals surface area contributed by atoms with E-state index in [1.165, 1.54) is 45.4 Å². The van der Waals surface area contributed by atoms with Crippen LogP contribution in [0.4, 0.5) is 0 Å². The molecular formula is C12H26N2S. The van der Waals surface area contributed by atoms with Gasteiger partial charge in [-0.2, -0.15) is 11.8 Å². The lowest BCUT2D eigenvalue weighted by Gasteiger charge is -2.22. The van der Waals surface area contributed by atoms with Gasteiger partial charge < -0.3 is 10.2 Å². The third-order valence-corrected chi connectivity index (χ3v) is 4.38. The molecule has 0 saturated carbocycles. The van der Waals surface area contributed by atoms with Crippen LogP contribution in [0.25, 0.3) is 0 Å². The van der Waals surface area contributed by atoms with Gasteiger partial charge in [-0.05, 0) is 65.5 Å². The number of hydrogen-bond acceptors (Lipinski definition) is 3. The summed E-state index contributed by atoms with van der Waals surface area (Å²) in [6, 6.07) is 0. The molecule has 1 rings (SSSR count). The largest absolute Gasteiger partial charge is 0.315 e. The molecule has 90 valence electrons. The first-order valence-electron chi connectivity index (χ1n) is 6.12.